The zero-order chi connectivity index (χ0) is 12.8. The summed E-state index contributed by atoms with van der Waals surface area (Å²) in [6.07, 6.45) is -0.200. The van der Waals surface area contributed by atoms with E-state index >= 15 is 0 Å². The van der Waals surface area contributed by atoms with Gasteiger partial charge in [0.05, 0.1) is 4.90 Å². The molecule has 1 aromatic rings. The molecule has 0 spiro atoms. The van der Waals surface area contributed by atoms with Crippen LogP contribution in [0.4, 0.5) is 0 Å². The fourth-order valence-corrected chi connectivity index (χ4v) is 3.59. The second-order valence-corrected chi connectivity index (χ2v) is 7.68. The van der Waals surface area contributed by atoms with E-state index in [1.54, 1.807) is 24.3 Å². The Kier molecular flexibility index (Phi) is 2.83. The molecular weight excluding hydrogens is 236 g/mol. The fourth-order valence-electron chi connectivity index (χ4n) is 1.81. The fraction of sp³-hybridized carbons (Fsp3) is 0.538. The first kappa shape index (κ1) is 12.6. The van der Waals surface area contributed by atoms with E-state index in [1.807, 2.05) is 27.7 Å². The van der Waals surface area contributed by atoms with E-state index in [4.69, 9.17) is 4.74 Å². The molecule has 0 radical (unpaired) electrons. The quantitative estimate of drug-likeness (QED) is 0.762. The Bertz CT molecular complexity index is 509. The third-order valence-corrected chi connectivity index (χ3v) is 4.86. The van der Waals surface area contributed by atoms with Crippen LogP contribution >= 0.6 is 0 Å². The van der Waals surface area contributed by atoms with Crippen LogP contribution in [-0.2, 0) is 14.6 Å². The molecule has 1 heterocycles. The molecule has 1 saturated heterocycles. The van der Waals surface area contributed by atoms with Crippen molar-refractivity contribution >= 4 is 9.84 Å². The monoisotopic (exact) mass is 254 g/mol. The van der Waals surface area contributed by atoms with Crippen molar-refractivity contribution in [1.82, 2.24) is 0 Å². The zero-order valence-electron chi connectivity index (χ0n) is 10.6. The Balaban J connectivity index is 2.25. The molecule has 0 amide bonds. The van der Waals surface area contributed by atoms with E-state index in [0.29, 0.717) is 4.90 Å². The number of sulfone groups is 1. The van der Waals surface area contributed by atoms with Crippen molar-refractivity contribution in [1.29, 1.82) is 0 Å². The molecule has 94 valence electrons. The summed E-state index contributed by atoms with van der Waals surface area (Å²) in [5.41, 5.74) is 0.237. The Morgan fingerprint density at radius 1 is 1.12 bits per heavy atom. The normalized spacial score (nSPS) is 24.7. The minimum Gasteiger partial charge on any atom is -0.351 e. The summed E-state index contributed by atoms with van der Waals surface area (Å²) in [5.74, 6) is 0. The van der Waals surface area contributed by atoms with Crippen molar-refractivity contribution in [2.24, 2.45) is 5.41 Å². The first-order valence-corrected chi connectivity index (χ1v) is 7.23. The Labute approximate surface area is 103 Å². The van der Waals surface area contributed by atoms with E-state index < -0.39 is 15.3 Å². The summed E-state index contributed by atoms with van der Waals surface area (Å²) < 4.78 is 29.8. The first-order valence-electron chi connectivity index (χ1n) is 5.69. The molecule has 0 aliphatic carbocycles. The van der Waals surface area contributed by atoms with Gasteiger partial charge in [0.15, 0.2) is 5.44 Å². The van der Waals surface area contributed by atoms with Gasteiger partial charge in [-0.05, 0) is 24.5 Å². The molecule has 0 saturated carbocycles. The van der Waals surface area contributed by atoms with Crippen molar-refractivity contribution in [2.75, 3.05) is 0 Å². The third-order valence-electron chi connectivity index (χ3n) is 2.96. The highest BCUT2D eigenvalue weighted by Crippen LogP contribution is 2.43. The van der Waals surface area contributed by atoms with Crippen LogP contribution in [0, 0.1) is 12.3 Å². The molecular formula is C13H18O3S. The van der Waals surface area contributed by atoms with E-state index in [1.165, 1.54) is 0 Å². The summed E-state index contributed by atoms with van der Waals surface area (Å²) >= 11 is 0. The van der Waals surface area contributed by atoms with Gasteiger partial charge < -0.3 is 4.74 Å². The molecule has 1 aliphatic rings. The topological polar surface area (TPSA) is 46.7 Å². The number of benzene rings is 1. The molecule has 0 bridgehead atoms. The number of epoxide rings is 1. The summed E-state index contributed by atoms with van der Waals surface area (Å²) in [5, 5.41) is 0. The standard InChI is InChI=1S/C13H18O3S/c1-9-5-7-10(8-6-9)17(14,15)12-11(16-12)13(2,3)4/h5-8,11-12H,1-4H3/t11-,12+/m0/s1. The second kappa shape index (κ2) is 3.82. The lowest BCUT2D eigenvalue weighted by Gasteiger charge is -2.14. The Hall–Kier alpha value is -0.870. The Morgan fingerprint density at radius 2 is 1.65 bits per heavy atom. The lowest BCUT2D eigenvalue weighted by Crippen LogP contribution is -2.21. The largest absolute Gasteiger partial charge is 0.351 e. The first-order chi connectivity index (χ1) is 7.73. The van der Waals surface area contributed by atoms with Crippen LogP contribution in [0.2, 0.25) is 0 Å². The van der Waals surface area contributed by atoms with Crippen LogP contribution in [0.5, 0.6) is 0 Å². The highest BCUT2D eigenvalue weighted by molar-refractivity contribution is 7.92. The average molecular weight is 254 g/mol. The van der Waals surface area contributed by atoms with Crippen LogP contribution in [-0.4, -0.2) is 20.0 Å². The zero-order valence-corrected chi connectivity index (χ0v) is 11.4. The van der Waals surface area contributed by atoms with Gasteiger partial charge in [-0.3, -0.25) is 0 Å². The van der Waals surface area contributed by atoms with Gasteiger partial charge in [0.25, 0.3) is 0 Å². The van der Waals surface area contributed by atoms with Crippen LogP contribution in [0.25, 0.3) is 0 Å². The molecule has 2 rings (SSSR count). The summed E-state index contributed by atoms with van der Waals surface area (Å²) in [4.78, 5) is 0.347. The molecule has 0 N–H and O–H groups in total. The van der Waals surface area contributed by atoms with Crippen molar-refractivity contribution in [3.8, 4) is 0 Å². The number of aryl methyl sites for hydroxylation is 1. The van der Waals surface area contributed by atoms with Crippen molar-refractivity contribution in [3.05, 3.63) is 29.8 Å². The molecule has 4 heteroatoms. The SMILES string of the molecule is Cc1ccc(S(=O)(=O)[C@H]2O[C@@H]2C(C)(C)C)cc1. The highest BCUT2D eigenvalue weighted by Gasteiger charge is 2.55. The molecule has 0 unspecified atom stereocenters. The van der Waals surface area contributed by atoms with Crippen LogP contribution in [0.15, 0.2) is 29.2 Å². The van der Waals surface area contributed by atoms with Gasteiger partial charge in [-0.1, -0.05) is 38.5 Å². The van der Waals surface area contributed by atoms with Gasteiger partial charge in [-0.15, -0.1) is 0 Å². The number of hydrogen-bond donors (Lipinski definition) is 0. The maximum Gasteiger partial charge on any atom is 0.207 e. The molecule has 0 aromatic heterocycles. The molecule has 3 nitrogen and oxygen atoms in total. The average Bonchev–Trinajstić information content (AvgIpc) is 2.96. The molecule has 2 atom stereocenters. The van der Waals surface area contributed by atoms with Gasteiger partial charge in [-0.2, -0.15) is 0 Å². The van der Waals surface area contributed by atoms with Gasteiger partial charge >= 0.3 is 0 Å². The van der Waals surface area contributed by atoms with Gasteiger partial charge in [0, 0.05) is 0 Å². The third kappa shape index (κ3) is 2.38. The maximum atomic E-state index is 12.2. The van der Waals surface area contributed by atoms with E-state index in [2.05, 4.69) is 0 Å². The van der Waals surface area contributed by atoms with E-state index in [0.717, 1.165) is 5.56 Å². The molecule has 17 heavy (non-hydrogen) atoms. The minimum atomic E-state index is -3.34. The maximum absolute atomic E-state index is 12.2. The number of hydrogen-bond acceptors (Lipinski definition) is 3. The smallest absolute Gasteiger partial charge is 0.207 e. The van der Waals surface area contributed by atoms with Gasteiger partial charge in [-0.25, -0.2) is 8.42 Å². The number of rotatable bonds is 2. The van der Waals surface area contributed by atoms with Crippen LogP contribution in [0.1, 0.15) is 26.3 Å². The summed E-state index contributed by atoms with van der Waals surface area (Å²) in [6, 6.07) is 6.90. The lowest BCUT2D eigenvalue weighted by atomic mass is 9.93. The van der Waals surface area contributed by atoms with Crippen molar-refractivity contribution in [2.45, 2.75) is 44.1 Å². The van der Waals surface area contributed by atoms with Crippen LogP contribution < -0.4 is 0 Å². The predicted molar refractivity (Wildman–Crippen MR) is 66.5 cm³/mol. The summed E-state index contributed by atoms with van der Waals surface area (Å²) in [7, 11) is -3.34. The molecule has 1 aliphatic heterocycles. The number of ether oxygens (including phenoxy) is 1. The second-order valence-electron chi connectivity index (χ2n) is 5.65. The van der Waals surface area contributed by atoms with Gasteiger partial charge in [0.2, 0.25) is 9.84 Å². The Morgan fingerprint density at radius 3 is 2.06 bits per heavy atom. The highest BCUT2D eigenvalue weighted by atomic mass is 32.2. The summed E-state index contributed by atoms with van der Waals surface area (Å²) in [6.45, 7) is 7.90. The minimum absolute atomic E-state index is 0.136. The van der Waals surface area contributed by atoms with E-state index in [9.17, 15) is 8.42 Å². The van der Waals surface area contributed by atoms with Gasteiger partial charge in [0.1, 0.15) is 6.10 Å². The van der Waals surface area contributed by atoms with Crippen molar-refractivity contribution in [3.63, 3.8) is 0 Å². The van der Waals surface area contributed by atoms with Crippen LogP contribution in [0.3, 0.4) is 0 Å². The van der Waals surface area contributed by atoms with E-state index in [-0.39, 0.29) is 11.5 Å². The van der Waals surface area contributed by atoms with Crippen molar-refractivity contribution < 1.29 is 13.2 Å². The predicted octanol–water partition coefficient (Wildman–Crippen LogP) is 2.54. The lowest BCUT2D eigenvalue weighted by molar-refractivity contribution is 0.264. The molecule has 1 aromatic carbocycles. The molecule has 1 fully saturated rings.